The second-order valence-corrected chi connectivity index (χ2v) is 9.20. The standard InChI is InChI=1S/C21H25BrN2O/c1-12-23-11-14-10-21(4)15-9-17(25-5)16(22)8-13(15)6-7-18(21)20(2,3)19(14)24-12/h8-9,11,18H,6-7,10H2,1-5H3/t18?,21-/m1/s1. The minimum atomic E-state index is 0.0357. The van der Waals surface area contributed by atoms with E-state index in [-0.39, 0.29) is 10.8 Å². The third kappa shape index (κ3) is 2.37. The minimum Gasteiger partial charge on any atom is -0.496 e. The fraction of sp³-hybridized carbons (Fsp3) is 0.524. The average molecular weight is 401 g/mol. The van der Waals surface area contributed by atoms with Gasteiger partial charge in [-0.15, -0.1) is 0 Å². The Bertz CT molecular complexity index is 861. The van der Waals surface area contributed by atoms with Gasteiger partial charge in [0, 0.05) is 17.0 Å². The third-order valence-corrected chi connectivity index (χ3v) is 7.11. The van der Waals surface area contributed by atoms with Gasteiger partial charge in [0.15, 0.2) is 0 Å². The first-order valence-corrected chi connectivity index (χ1v) is 9.76. The number of ether oxygens (including phenoxy) is 1. The van der Waals surface area contributed by atoms with Crippen LogP contribution in [0.25, 0.3) is 0 Å². The highest BCUT2D eigenvalue weighted by Crippen LogP contribution is 2.56. The predicted octanol–water partition coefficient (Wildman–Crippen LogP) is 4.91. The van der Waals surface area contributed by atoms with E-state index in [0.717, 1.165) is 28.9 Å². The molecule has 2 aromatic rings. The SMILES string of the molecule is COc1cc2c(cc1Br)CCC1C(C)(C)c3nc(C)ncc3C[C@]21C. The first kappa shape index (κ1) is 17.0. The van der Waals surface area contributed by atoms with Crippen molar-refractivity contribution in [3.05, 3.63) is 51.0 Å². The molecule has 2 aliphatic carbocycles. The van der Waals surface area contributed by atoms with Crippen LogP contribution in [0.4, 0.5) is 0 Å². The molecule has 0 bridgehead atoms. The van der Waals surface area contributed by atoms with Crippen molar-refractivity contribution in [1.82, 2.24) is 9.97 Å². The zero-order valence-corrected chi connectivity index (χ0v) is 17.2. The van der Waals surface area contributed by atoms with Gasteiger partial charge in [-0.05, 0) is 76.9 Å². The van der Waals surface area contributed by atoms with E-state index in [4.69, 9.17) is 9.72 Å². The van der Waals surface area contributed by atoms with Gasteiger partial charge >= 0.3 is 0 Å². The molecular weight excluding hydrogens is 376 g/mol. The molecule has 0 saturated heterocycles. The zero-order chi connectivity index (χ0) is 18.0. The van der Waals surface area contributed by atoms with Crippen molar-refractivity contribution < 1.29 is 4.74 Å². The summed E-state index contributed by atoms with van der Waals surface area (Å²) < 4.78 is 6.65. The van der Waals surface area contributed by atoms with E-state index in [9.17, 15) is 0 Å². The van der Waals surface area contributed by atoms with Crippen LogP contribution in [0.5, 0.6) is 5.75 Å². The van der Waals surface area contributed by atoms with E-state index < -0.39 is 0 Å². The van der Waals surface area contributed by atoms with E-state index in [2.05, 4.69) is 53.8 Å². The summed E-state index contributed by atoms with van der Waals surface area (Å²) in [6.07, 6.45) is 5.35. The van der Waals surface area contributed by atoms with Crippen LogP contribution in [-0.4, -0.2) is 17.1 Å². The monoisotopic (exact) mass is 400 g/mol. The highest BCUT2D eigenvalue weighted by atomic mass is 79.9. The molecule has 4 heteroatoms. The third-order valence-electron chi connectivity index (χ3n) is 6.49. The summed E-state index contributed by atoms with van der Waals surface area (Å²) in [6, 6.07) is 4.51. The second-order valence-electron chi connectivity index (χ2n) is 8.34. The minimum absolute atomic E-state index is 0.0357. The van der Waals surface area contributed by atoms with Crippen LogP contribution in [0, 0.1) is 12.8 Å². The molecule has 0 amide bonds. The average Bonchev–Trinajstić information content (AvgIpc) is 2.55. The Balaban J connectivity index is 1.94. The number of aryl methyl sites for hydroxylation is 2. The summed E-state index contributed by atoms with van der Waals surface area (Å²) in [5.74, 6) is 2.35. The Hall–Kier alpha value is -1.42. The van der Waals surface area contributed by atoms with Crippen LogP contribution in [0.2, 0.25) is 0 Å². The predicted molar refractivity (Wildman–Crippen MR) is 103 cm³/mol. The zero-order valence-electron chi connectivity index (χ0n) is 15.6. The summed E-state index contributed by atoms with van der Waals surface area (Å²) >= 11 is 3.65. The number of hydrogen-bond donors (Lipinski definition) is 0. The topological polar surface area (TPSA) is 35.0 Å². The van der Waals surface area contributed by atoms with Gasteiger partial charge < -0.3 is 4.74 Å². The van der Waals surface area contributed by atoms with Gasteiger partial charge in [0.05, 0.1) is 17.3 Å². The molecule has 4 rings (SSSR count). The molecule has 25 heavy (non-hydrogen) atoms. The van der Waals surface area contributed by atoms with Crippen LogP contribution < -0.4 is 4.74 Å². The molecule has 2 aliphatic rings. The molecule has 0 radical (unpaired) electrons. The highest BCUT2D eigenvalue weighted by molar-refractivity contribution is 9.10. The van der Waals surface area contributed by atoms with Crippen molar-refractivity contribution in [2.24, 2.45) is 5.92 Å². The Kier molecular flexibility index (Phi) is 3.77. The maximum atomic E-state index is 5.60. The lowest BCUT2D eigenvalue weighted by Gasteiger charge is -2.54. The molecule has 2 atom stereocenters. The van der Waals surface area contributed by atoms with Gasteiger partial charge in [0.2, 0.25) is 0 Å². The van der Waals surface area contributed by atoms with Gasteiger partial charge in [-0.25, -0.2) is 9.97 Å². The van der Waals surface area contributed by atoms with Crippen LogP contribution in [0.1, 0.15) is 55.4 Å². The fourth-order valence-corrected chi connectivity index (χ4v) is 5.97. The van der Waals surface area contributed by atoms with Crippen molar-refractivity contribution in [3.8, 4) is 5.75 Å². The largest absolute Gasteiger partial charge is 0.496 e. The van der Waals surface area contributed by atoms with E-state index in [1.165, 1.54) is 28.8 Å². The molecule has 1 aromatic heterocycles. The van der Waals surface area contributed by atoms with Gasteiger partial charge in [-0.3, -0.25) is 0 Å². The molecular formula is C21H25BrN2O. The second kappa shape index (κ2) is 5.54. The van der Waals surface area contributed by atoms with Crippen LogP contribution >= 0.6 is 15.9 Å². The summed E-state index contributed by atoms with van der Waals surface area (Å²) in [4.78, 5) is 9.34. The van der Waals surface area contributed by atoms with Crippen LogP contribution in [0.3, 0.4) is 0 Å². The maximum absolute atomic E-state index is 5.60. The summed E-state index contributed by atoms with van der Waals surface area (Å²) in [5, 5.41) is 0. The van der Waals surface area contributed by atoms with E-state index >= 15 is 0 Å². The summed E-state index contributed by atoms with van der Waals surface area (Å²) in [7, 11) is 1.74. The van der Waals surface area contributed by atoms with Crippen molar-refractivity contribution >= 4 is 15.9 Å². The molecule has 0 saturated carbocycles. The Labute approximate surface area is 158 Å². The molecule has 0 fully saturated rings. The number of benzene rings is 1. The normalized spacial score (nSPS) is 26.4. The Morgan fingerprint density at radius 1 is 1.20 bits per heavy atom. The van der Waals surface area contributed by atoms with Gasteiger partial charge in [0.1, 0.15) is 11.6 Å². The van der Waals surface area contributed by atoms with Gasteiger partial charge in [-0.2, -0.15) is 0 Å². The fourth-order valence-electron chi connectivity index (χ4n) is 5.41. The first-order chi connectivity index (χ1) is 11.8. The molecule has 1 aromatic carbocycles. The Morgan fingerprint density at radius 2 is 1.96 bits per heavy atom. The molecule has 0 spiro atoms. The quantitative estimate of drug-likeness (QED) is 0.681. The summed E-state index contributed by atoms with van der Waals surface area (Å²) in [5.41, 5.74) is 5.53. The van der Waals surface area contributed by atoms with Gasteiger partial charge in [0.25, 0.3) is 0 Å². The van der Waals surface area contributed by atoms with Crippen molar-refractivity contribution in [2.75, 3.05) is 7.11 Å². The van der Waals surface area contributed by atoms with Crippen LogP contribution in [-0.2, 0) is 23.7 Å². The van der Waals surface area contributed by atoms with Crippen molar-refractivity contribution in [1.29, 1.82) is 0 Å². The van der Waals surface area contributed by atoms with Crippen LogP contribution in [0.15, 0.2) is 22.8 Å². The lowest BCUT2D eigenvalue weighted by Crippen LogP contribution is -2.52. The molecule has 1 heterocycles. The van der Waals surface area contributed by atoms with Crippen molar-refractivity contribution in [3.63, 3.8) is 0 Å². The maximum Gasteiger partial charge on any atom is 0.133 e. The van der Waals surface area contributed by atoms with E-state index in [1.54, 1.807) is 7.11 Å². The molecule has 132 valence electrons. The first-order valence-electron chi connectivity index (χ1n) is 8.97. The van der Waals surface area contributed by atoms with Crippen molar-refractivity contribution in [2.45, 2.75) is 57.8 Å². The number of halogens is 1. The van der Waals surface area contributed by atoms with E-state index in [0.29, 0.717) is 5.92 Å². The highest BCUT2D eigenvalue weighted by Gasteiger charge is 2.53. The van der Waals surface area contributed by atoms with E-state index in [1.807, 2.05) is 13.1 Å². The number of fused-ring (bicyclic) bond motifs is 4. The molecule has 0 aliphatic heterocycles. The molecule has 1 unspecified atom stereocenters. The number of methoxy groups -OCH3 is 1. The number of aromatic nitrogens is 2. The lowest BCUT2D eigenvalue weighted by molar-refractivity contribution is 0.134. The molecule has 3 nitrogen and oxygen atoms in total. The Morgan fingerprint density at radius 3 is 2.68 bits per heavy atom. The number of nitrogens with zero attached hydrogens (tertiary/aromatic N) is 2. The smallest absolute Gasteiger partial charge is 0.133 e. The lowest BCUT2D eigenvalue weighted by atomic mass is 9.50. The molecule has 0 N–H and O–H groups in total. The summed E-state index contributed by atoms with van der Waals surface area (Å²) in [6.45, 7) is 9.14. The van der Waals surface area contributed by atoms with Gasteiger partial charge in [-0.1, -0.05) is 20.8 Å². The number of rotatable bonds is 1. The number of hydrogen-bond acceptors (Lipinski definition) is 3.